The average Bonchev–Trinajstić information content (AvgIpc) is 2.78. The number of carbonyl (C=O) groups excluding carboxylic acids is 2. The van der Waals surface area contributed by atoms with Crippen molar-refractivity contribution >= 4 is 23.2 Å². The summed E-state index contributed by atoms with van der Waals surface area (Å²) in [6.45, 7) is 9.57. The molecule has 0 bridgehead atoms. The van der Waals surface area contributed by atoms with E-state index in [4.69, 9.17) is 0 Å². The zero-order chi connectivity index (χ0) is 15.0. The maximum Gasteiger partial charge on any atom is 0.246 e. The van der Waals surface area contributed by atoms with Crippen molar-refractivity contribution in [2.75, 3.05) is 0 Å². The first-order chi connectivity index (χ1) is 9.32. The van der Waals surface area contributed by atoms with Gasteiger partial charge in [-0.25, -0.2) is 4.98 Å². The highest BCUT2D eigenvalue weighted by Gasteiger charge is 2.43. The minimum absolute atomic E-state index is 0.0383. The molecule has 1 fully saturated rings. The lowest BCUT2D eigenvalue weighted by atomic mass is 9.96. The number of aromatic nitrogens is 1. The molecule has 1 N–H and O–H groups in total. The minimum atomic E-state index is -0.471. The molecule has 1 aliphatic rings. The number of nitrogens with one attached hydrogen (secondary N) is 1. The molecule has 0 aromatic carbocycles. The van der Waals surface area contributed by atoms with E-state index >= 15 is 0 Å². The summed E-state index contributed by atoms with van der Waals surface area (Å²) < 4.78 is 0. The van der Waals surface area contributed by atoms with Gasteiger partial charge in [-0.05, 0) is 26.7 Å². The number of carbonyl (C=O) groups is 2. The highest BCUT2D eigenvalue weighted by atomic mass is 32.1. The lowest BCUT2D eigenvalue weighted by molar-refractivity contribution is -0.153. The molecule has 0 saturated carbocycles. The fourth-order valence-electron chi connectivity index (χ4n) is 2.59. The Morgan fingerprint density at radius 2 is 2.00 bits per heavy atom. The largest absolute Gasteiger partial charge is 0.343 e. The van der Waals surface area contributed by atoms with Gasteiger partial charge >= 0.3 is 0 Å². The van der Waals surface area contributed by atoms with Crippen LogP contribution in [0.2, 0.25) is 0 Å². The summed E-state index contributed by atoms with van der Waals surface area (Å²) in [5.74, 6) is -0.0501. The fraction of sp³-hybridized carbons (Fsp3) is 0.643. The van der Waals surface area contributed by atoms with Gasteiger partial charge in [-0.3, -0.25) is 9.59 Å². The molecular weight excluding hydrogens is 274 g/mol. The molecule has 1 aliphatic heterocycles. The number of nitrogens with zero attached hydrogens (tertiary/aromatic N) is 2. The molecule has 6 heteroatoms. The van der Waals surface area contributed by atoms with Crippen molar-refractivity contribution in [1.82, 2.24) is 15.2 Å². The van der Waals surface area contributed by atoms with Crippen LogP contribution in [0.4, 0.5) is 0 Å². The van der Waals surface area contributed by atoms with E-state index in [1.165, 1.54) is 0 Å². The topological polar surface area (TPSA) is 62.3 Å². The summed E-state index contributed by atoms with van der Waals surface area (Å²) >= 11 is 1.57. The Hall–Kier alpha value is -1.43. The monoisotopic (exact) mass is 295 g/mol. The Bertz CT molecular complexity index is 526. The van der Waals surface area contributed by atoms with Crippen LogP contribution in [0.1, 0.15) is 43.6 Å². The van der Waals surface area contributed by atoms with Crippen LogP contribution in [-0.2, 0) is 9.59 Å². The van der Waals surface area contributed by atoms with Crippen LogP contribution in [0, 0.1) is 12.8 Å². The molecule has 0 aliphatic carbocycles. The Kier molecular flexibility index (Phi) is 4.13. The van der Waals surface area contributed by atoms with E-state index in [0.717, 1.165) is 9.88 Å². The third kappa shape index (κ3) is 2.57. The predicted octanol–water partition coefficient (Wildman–Crippen LogP) is 1.88. The fourth-order valence-corrected chi connectivity index (χ4v) is 3.41. The van der Waals surface area contributed by atoms with Gasteiger partial charge in [0.2, 0.25) is 11.8 Å². The molecule has 3 unspecified atom stereocenters. The SMILES string of the molecule is Cc1cnc(C(C)N2C(=O)C(C)NC(=O)C2C(C)C)s1. The number of hydrogen-bond acceptors (Lipinski definition) is 4. The van der Waals surface area contributed by atoms with Crippen molar-refractivity contribution in [3.63, 3.8) is 0 Å². The molecule has 0 radical (unpaired) electrons. The number of amides is 2. The maximum absolute atomic E-state index is 12.5. The summed E-state index contributed by atoms with van der Waals surface area (Å²) in [6, 6.07) is -1.08. The van der Waals surface area contributed by atoms with Gasteiger partial charge in [0.1, 0.15) is 17.1 Å². The molecule has 2 heterocycles. The molecule has 0 spiro atoms. The lowest BCUT2D eigenvalue weighted by Gasteiger charge is -2.42. The van der Waals surface area contributed by atoms with Crippen LogP contribution in [-0.4, -0.2) is 33.8 Å². The number of piperazine rings is 1. The summed E-state index contributed by atoms with van der Waals surface area (Å²) in [6.07, 6.45) is 1.80. The molecule has 1 aromatic rings. The molecule has 5 nitrogen and oxygen atoms in total. The standard InChI is InChI=1S/C14H21N3O2S/c1-7(2)11-12(18)16-9(4)14(19)17(11)10(5)13-15-6-8(3)20-13/h6-7,9-11H,1-5H3,(H,16,18). The van der Waals surface area contributed by atoms with Crippen molar-refractivity contribution in [2.24, 2.45) is 5.92 Å². The smallest absolute Gasteiger partial charge is 0.246 e. The number of thiazole rings is 1. The average molecular weight is 295 g/mol. The van der Waals surface area contributed by atoms with Gasteiger partial charge < -0.3 is 10.2 Å². The van der Waals surface area contributed by atoms with Crippen LogP contribution < -0.4 is 5.32 Å². The maximum atomic E-state index is 12.5. The highest BCUT2D eigenvalue weighted by Crippen LogP contribution is 2.30. The van der Waals surface area contributed by atoms with Crippen molar-refractivity contribution in [3.8, 4) is 0 Å². The second-order valence-electron chi connectivity index (χ2n) is 5.65. The van der Waals surface area contributed by atoms with Crippen molar-refractivity contribution in [2.45, 2.75) is 52.7 Å². The zero-order valence-corrected chi connectivity index (χ0v) is 13.3. The molecule has 2 rings (SSSR count). The second-order valence-corrected chi connectivity index (χ2v) is 6.92. The van der Waals surface area contributed by atoms with Gasteiger partial charge in [0.05, 0.1) is 6.04 Å². The van der Waals surface area contributed by atoms with Crippen LogP contribution in [0.3, 0.4) is 0 Å². The second kappa shape index (κ2) is 5.52. The van der Waals surface area contributed by atoms with Gasteiger partial charge in [0.15, 0.2) is 0 Å². The summed E-state index contributed by atoms with van der Waals surface area (Å²) in [5, 5.41) is 3.63. The van der Waals surface area contributed by atoms with E-state index in [2.05, 4.69) is 10.3 Å². The van der Waals surface area contributed by atoms with E-state index < -0.39 is 12.1 Å². The van der Waals surface area contributed by atoms with Crippen LogP contribution in [0.15, 0.2) is 6.20 Å². The van der Waals surface area contributed by atoms with Crippen LogP contribution in [0.5, 0.6) is 0 Å². The lowest BCUT2D eigenvalue weighted by Crippen LogP contribution is -2.64. The van der Waals surface area contributed by atoms with Gasteiger partial charge in [-0.15, -0.1) is 11.3 Å². The van der Waals surface area contributed by atoms with E-state index in [-0.39, 0.29) is 23.8 Å². The molecule has 1 saturated heterocycles. The normalized spacial score (nSPS) is 25.0. The first-order valence-corrected chi connectivity index (χ1v) is 7.69. The van der Waals surface area contributed by atoms with Crippen molar-refractivity contribution in [1.29, 1.82) is 0 Å². The highest BCUT2D eigenvalue weighted by molar-refractivity contribution is 7.11. The third-order valence-corrected chi connectivity index (χ3v) is 4.68. The summed E-state index contributed by atoms with van der Waals surface area (Å²) in [5.41, 5.74) is 0. The first kappa shape index (κ1) is 15.0. The first-order valence-electron chi connectivity index (χ1n) is 6.87. The molecular formula is C14H21N3O2S. The van der Waals surface area contributed by atoms with Gasteiger partial charge in [0.25, 0.3) is 0 Å². The van der Waals surface area contributed by atoms with Crippen LogP contribution >= 0.6 is 11.3 Å². The van der Waals surface area contributed by atoms with Gasteiger partial charge in [-0.2, -0.15) is 0 Å². The number of hydrogen-bond donors (Lipinski definition) is 1. The van der Waals surface area contributed by atoms with Crippen LogP contribution in [0.25, 0.3) is 0 Å². The van der Waals surface area contributed by atoms with Gasteiger partial charge in [-0.1, -0.05) is 13.8 Å². The van der Waals surface area contributed by atoms with Gasteiger partial charge in [0, 0.05) is 11.1 Å². The van der Waals surface area contributed by atoms with E-state index in [1.807, 2.05) is 27.7 Å². The molecule has 20 heavy (non-hydrogen) atoms. The summed E-state index contributed by atoms with van der Waals surface area (Å²) in [7, 11) is 0. The van der Waals surface area contributed by atoms with E-state index in [1.54, 1.807) is 29.4 Å². The van der Waals surface area contributed by atoms with Crippen molar-refractivity contribution in [3.05, 3.63) is 16.1 Å². The third-order valence-electron chi connectivity index (χ3n) is 3.60. The Morgan fingerprint density at radius 3 is 2.50 bits per heavy atom. The Balaban J connectivity index is 2.37. The zero-order valence-electron chi connectivity index (χ0n) is 12.5. The Morgan fingerprint density at radius 1 is 1.35 bits per heavy atom. The summed E-state index contributed by atoms with van der Waals surface area (Å²) in [4.78, 5) is 31.9. The molecule has 1 aromatic heterocycles. The predicted molar refractivity (Wildman–Crippen MR) is 78.3 cm³/mol. The molecule has 110 valence electrons. The van der Waals surface area contributed by atoms with E-state index in [0.29, 0.717) is 0 Å². The molecule has 3 atom stereocenters. The minimum Gasteiger partial charge on any atom is -0.343 e. The van der Waals surface area contributed by atoms with E-state index in [9.17, 15) is 9.59 Å². The molecule has 2 amide bonds. The van der Waals surface area contributed by atoms with Crippen molar-refractivity contribution < 1.29 is 9.59 Å². The quantitative estimate of drug-likeness (QED) is 0.926. The Labute approximate surface area is 123 Å². The number of rotatable bonds is 3. The number of aryl methyl sites for hydroxylation is 1.